The first kappa shape index (κ1) is 23.5. The number of halogens is 2. The number of pyridine rings is 1. The third-order valence-corrected chi connectivity index (χ3v) is 6.26. The molecule has 0 radical (unpaired) electrons. The van der Waals surface area contributed by atoms with Crippen molar-refractivity contribution >= 4 is 34.2 Å². The van der Waals surface area contributed by atoms with Crippen LogP contribution in [0.15, 0.2) is 67.5 Å². The number of fused-ring (bicyclic) bond motifs is 1. The van der Waals surface area contributed by atoms with E-state index >= 15 is 0 Å². The van der Waals surface area contributed by atoms with E-state index in [2.05, 4.69) is 17.0 Å². The molecular formula is C27H26ClFN4O. The highest BCUT2D eigenvalue weighted by atomic mass is 35.5. The SMILES string of the molecule is C=C/C(=C\c1c(C)ccn1NC(C)c1c(O)ccc(F)c1Cl)c1ccnc2cc(CN)ccc12. The van der Waals surface area contributed by atoms with Crippen molar-refractivity contribution in [2.45, 2.75) is 26.4 Å². The van der Waals surface area contributed by atoms with E-state index in [9.17, 15) is 9.50 Å². The number of allylic oxidation sites excluding steroid dienone is 2. The summed E-state index contributed by atoms with van der Waals surface area (Å²) in [5.74, 6) is -0.650. The molecule has 2 aromatic heterocycles. The molecule has 5 nitrogen and oxygen atoms in total. The normalized spacial score (nSPS) is 12.7. The Morgan fingerprint density at radius 2 is 2.09 bits per heavy atom. The highest BCUT2D eigenvalue weighted by Gasteiger charge is 2.19. The fourth-order valence-corrected chi connectivity index (χ4v) is 4.37. The van der Waals surface area contributed by atoms with Crippen LogP contribution in [0.1, 0.15) is 40.9 Å². The van der Waals surface area contributed by atoms with Gasteiger partial charge in [-0.25, -0.2) is 4.39 Å². The van der Waals surface area contributed by atoms with E-state index in [1.807, 2.05) is 61.1 Å². The average molecular weight is 477 g/mol. The number of aromatic hydroxyl groups is 1. The predicted molar refractivity (Wildman–Crippen MR) is 138 cm³/mol. The van der Waals surface area contributed by atoms with E-state index in [0.29, 0.717) is 12.1 Å². The third kappa shape index (κ3) is 4.42. The van der Waals surface area contributed by atoms with Gasteiger partial charge >= 0.3 is 0 Å². The number of rotatable bonds is 7. The summed E-state index contributed by atoms with van der Waals surface area (Å²) in [6, 6.07) is 11.9. The number of nitrogens with one attached hydrogen (secondary N) is 1. The molecule has 174 valence electrons. The van der Waals surface area contributed by atoms with Gasteiger partial charge in [-0.3, -0.25) is 9.66 Å². The Kier molecular flexibility index (Phi) is 6.72. The summed E-state index contributed by atoms with van der Waals surface area (Å²) in [5, 5.41) is 11.2. The van der Waals surface area contributed by atoms with Gasteiger partial charge in [-0.1, -0.05) is 36.4 Å². The summed E-state index contributed by atoms with van der Waals surface area (Å²) in [7, 11) is 0. The second-order valence-electron chi connectivity index (χ2n) is 8.12. The van der Waals surface area contributed by atoms with E-state index in [1.165, 1.54) is 6.07 Å². The molecule has 1 unspecified atom stereocenters. The zero-order valence-corrected chi connectivity index (χ0v) is 19.8. The lowest BCUT2D eigenvalue weighted by Gasteiger charge is -2.21. The molecular weight excluding hydrogens is 451 g/mol. The number of hydrogen-bond donors (Lipinski definition) is 3. The topological polar surface area (TPSA) is 76.1 Å². The van der Waals surface area contributed by atoms with Crippen LogP contribution >= 0.6 is 11.6 Å². The van der Waals surface area contributed by atoms with Crippen molar-refractivity contribution in [3.8, 4) is 5.75 Å². The minimum absolute atomic E-state index is 0.0701. The van der Waals surface area contributed by atoms with Crippen LogP contribution in [0.4, 0.5) is 4.39 Å². The maximum Gasteiger partial charge on any atom is 0.142 e. The van der Waals surface area contributed by atoms with Crippen LogP contribution in [0.5, 0.6) is 5.75 Å². The number of benzene rings is 2. The quantitative estimate of drug-likeness (QED) is 0.272. The van der Waals surface area contributed by atoms with E-state index in [-0.39, 0.29) is 10.8 Å². The molecule has 2 heterocycles. The van der Waals surface area contributed by atoms with Gasteiger partial charge < -0.3 is 16.3 Å². The highest BCUT2D eigenvalue weighted by Crippen LogP contribution is 2.34. The lowest BCUT2D eigenvalue weighted by atomic mass is 9.99. The van der Waals surface area contributed by atoms with Gasteiger partial charge in [0.05, 0.1) is 22.3 Å². The van der Waals surface area contributed by atoms with Crippen LogP contribution in [0.25, 0.3) is 22.6 Å². The van der Waals surface area contributed by atoms with Crippen LogP contribution in [-0.4, -0.2) is 14.8 Å². The molecule has 0 aliphatic heterocycles. The van der Waals surface area contributed by atoms with Crippen molar-refractivity contribution in [1.29, 1.82) is 0 Å². The number of nitrogens with two attached hydrogens (primary N) is 1. The number of nitrogens with zero attached hydrogens (tertiary/aromatic N) is 2. The summed E-state index contributed by atoms with van der Waals surface area (Å²) in [6.45, 7) is 8.29. The zero-order valence-electron chi connectivity index (χ0n) is 19.0. The first-order valence-corrected chi connectivity index (χ1v) is 11.3. The summed E-state index contributed by atoms with van der Waals surface area (Å²) in [5.41, 5.74) is 15.1. The number of phenolic OH excluding ortho intramolecular Hbond substituents is 1. The Labute approximate surface area is 203 Å². The fraction of sp³-hybridized carbons (Fsp3) is 0.148. The number of aryl methyl sites for hydroxylation is 1. The van der Waals surface area contributed by atoms with Crippen molar-refractivity contribution in [2.75, 3.05) is 5.43 Å². The minimum Gasteiger partial charge on any atom is -0.508 e. The molecule has 2 aromatic carbocycles. The minimum atomic E-state index is -0.580. The Balaban J connectivity index is 1.75. The maximum absolute atomic E-state index is 14.0. The van der Waals surface area contributed by atoms with E-state index in [1.54, 1.807) is 12.3 Å². The molecule has 4 aromatic rings. The van der Waals surface area contributed by atoms with Crippen molar-refractivity contribution < 1.29 is 9.50 Å². The summed E-state index contributed by atoms with van der Waals surface area (Å²) < 4.78 is 15.8. The molecule has 0 saturated heterocycles. The summed E-state index contributed by atoms with van der Waals surface area (Å²) in [4.78, 5) is 4.49. The van der Waals surface area contributed by atoms with Crippen LogP contribution in [0, 0.1) is 12.7 Å². The van der Waals surface area contributed by atoms with Gasteiger partial charge in [0, 0.05) is 29.9 Å². The molecule has 34 heavy (non-hydrogen) atoms. The van der Waals surface area contributed by atoms with Crippen molar-refractivity contribution in [1.82, 2.24) is 9.66 Å². The fourth-order valence-electron chi connectivity index (χ4n) is 4.05. The lowest BCUT2D eigenvalue weighted by Crippen LogP contribution is -2.20. The monoisotopic (exact) mass is 476 g/mol. The van der Waals surface area contributed by atoms with E-state index in [0.717, 1.165) is 44.9 Å². The lowest BCUT2D eigenvalue weighted by molar-refractivity contribution is 0.460. The van der Waals surface area contributed by atoms with Crippen molar-refractivity contribution in [2.24, 2.45) is 5.73 Å². The molecule has 4 rings (SSSR count). The Bertz CT molecular complexity index is 1410. The third-order valence-electron chi connectivity index (χ3n) is 5.88. The van der Waals surface area contributed by atoms with Gasteiger partial charge in [-0.2, -0.15) is 0 Å². The largest absolute Gasteiger partial charge is 0.508 e. The van der Waals surface area contributed by atoms with Crippen LogP contribution in [0.2, 0.25) is 5.02 Å². The highest BCUT2D eigenvalue weighted by molar-refractivity contribution is 6.31. The first-order chi connectivity index (χ1) is 16.3. The van der Waals surface area contributed by atoms with E-state index in [4.69, 9.17) is 17.3 Å². The Hall–Kier alpha value is -3.61. The summed E-state index contributed by atoms with van der Waals surface area (Å²) in [6.07, 6.45) is 7.48. The van der Waals surface area contributed by atoms with Gasteiger partial charge in [-0.05, 0) is 72.5 Å². The molecule has 0 aliphatic carbocycles. The van der Waals surface area contributed by atoms with Crippen LogP contribution in [0.3, 0.4) is 0 Å². The van der Waals surface area contributed by atoms with Crippen molar-refractivity contribution in [3.05, 3.63) is 106 Å². The zero-order chi connectivity index (χ0) is 24.4. The van der Waals surface area contributed by atoms with Crippen LogP contribution < -0.4 is 11.2 Å². The maximum atomic E-state index is 14.0. The first-order valence-electron chi connectivity index (χ1n) is 10.9. The number of aromatic nitrogens is 2. The molecule has 0 spiro atoms. The molecule has 0 bridgehead atoms. The van der Waals surface area contributed by atoms with E-state index < -0.39 is 11.9 Å². The van der Waals surface area contributed by atoms with Gasteiger partial charge in [0.1, 0.15) is 11.6 Å². The van der Waals surface area contributed by atoms with Gasteiger partial charge in [-0.15, -0.1) is 0 Å². The van der Waals surface area contributed by atoms with Crippen LogP contribution in [-0.2, 0) is 6.54 Å². The van der Waals surface area contributed by atoms with Gasteiger partial charge in [0.15, 0.2) is 0 Å². The molecule has 1 atom stereocenters. The molecule has 4 N–H and O–H groups in total. The second-order valence-corrected chi connectivity index (χ2v) is 8.49. The van der Waals surface area contributed by atoms with Crippen molar-refractivity contribution in [3.63, 3.8) is 0 Å². The smallest absolute Gasteiger partial charge is 0.142 e. The standard InChI is InChI=1S/C27H26ClFN4O/c1-4-19(20-9-11-31-23-13-18(15-30)5-6-21(20)23)14-24-16(2)10-12-33(24)32-17(3)26-25(34)8-7-22(29)27(26)28/h4-14,17,32,34H,1,15,30H2,2-3H3/b19-14+. The molecule has 0 fully saturated rings. The number of phenols is 1. The number of hydrogen-bond acceptors (Lipinski definition) is 4. The second kappa shape index (κ2) is 9.71. The van der Waals surface area contributed by atoms with Gasteiger partial charge in [0.25, 0.3) is 0 Å². The average Bonchev–Trinajstić information content (AvgIpc) is 3.17. The summed E-state index contributed by atoms with van der Waals surface area (Å²) >= 11 is 6.15. The Morgan fingerprint density at radius 1 is 1.29 bits per heavy atom. The molecule has 0 amide bonds. The molecule has 7 heteroatoms. The molecule has 0 saturated carbocycles. The molecule has 0 aliphatic rings. The predicted octanol–water partition coefficient (Wildman–Crippen LogP) is 6.33. The Morgan fingerprint density at radius 3 is 2.82 bits per heavy atom. The van der Waals surface area contributed by atoms with Gasteiger partial charge in [0.2, 0.25) is 0 Å².